The normalized spacial score (nSPS) is 16.8. The van der Waals surface area contributed by atoms with Gasteiger partial charge in [-0.3, -0.25) is 9.69 Å². The summed E-state index contributed by atoms with van der Waals surface area (Å²) in [5.74, 6) is 0.180. The van der Waals surface area contributed by atoms with Gasteiger partial charge >= 0.3 is 5.97 Å². The van der Waals surface area contributed by atoms with E-state index in [1.807, 2.05) is 42.3 Å². The fourth-order valence-corrected chi connectivity index (χ4v) is 2.92. The number of hydrogen-bond acceptors (Lipinski definition) is 4. The van der Waals surface area contributed by atoms with Gasteiger partial charge in [-0.2, -0.15) is 0 Å². The summed E-state index contributed by atoms with van der Waals surface area (Å²) in [6.45, 7) is 4.00. The number of nitrogens with zero attached hydrogens (tertiary/aromatic N) is 2. The summed E-state index contributed by atoms with van der Waals surface area (Å²) in [7, 11) is 1.90. The quantitative estimate of drug-likeness (QED) is 0.744. The highest BCUT2D eigenvalue weighted by atomic mass is 16.5. The lowest BCUT2D eigenvalue weighted by Gasteiger charge is -2.36. The van der Waals surface area contributed by atoms with Crippen molar-refractivity contribution in [2.24, 2.45) is 0 Å². The van der Waals surface area contributed by atoms with Crippen molar-refractivity contribution >= 4 is 5.97 Å². The van der Waals surface area contributed by atoms with Gasteiger partial charge in [0.25, 0.3) is 0 Å². The standard InChI is InChI=1S/C17H26N2O3/c1-18(14-17(20)21)15-8-11-19(12-9-15)10-5-13-22-16-6-3-2-4-7-16/h2-4,6-7,15H,5,8-14H2,1H3,(H,20,21). The third-order valence-electron chi connectivity index (χ3n) is 4.20. The van der Waals surface area contributed by atoms with Crippen LogP contribution in [-0.2, 0) is 4.79 Å². The molecule has 0 aliphatic carbocycles. The molecular weight excluding hydrogens is 280 g/mol. The fraction of sp³-hybridized carbons (Fsp3) is 0.588. The van der Waals surface area contributed by atoms with Gasteiger partial charge in [-0.1, -0.05) is 18.2 Å². The minimum Gasteiger partial charge on any atom is -0.494 e. The van der Waals surface area contributed by atoms with Crippen molar-refractivity contribution in [3.8, 4) is 5.75 Å². The number of likely N-dealkylation sites (tertiary alicyclic amines) is 1. The Balaban J connectivity index is 1.58. The first-order chi connectivity index (χ1) is 10.6. The van der Waals surface area contributed by atoms with Gasteiger partial charge in [0.2, 0.25) is 0 Å². The minimum atomic E-state index is -0.747. The summed E-state index contributed by atoms with van der Waals surface area (Å²) < 4.78 is 5.70. The van der Waals surface area contributed by atoms with E-state index in [1.54, 1.807) is 0 Å². The van der Waals surface area contributed by atoms with Gasteiger partial charge in [-0.05, 0) is 51.5 Å². The zero-order valence-corrected chi connectivity index (χ0v) is 13.3. The third kappa shape index (κ3) is 5.66. The molecule has 0 saturated carbocycles. The van der Waals surface area contributed by atoms with Crippen molar-refractivity contribution in [2.75, 3.05) is 39.8 Å². The second-order valence-corrected chi connectivity index (χ2v) is 5.90. The highest BCUT2D eigenvalue weighted by Gasteiger charge is 2.23. The van der Waals surface area contributed by atoms with Crippen molar-refractivity contribution < 1.29 is 14.6 Å². The van der Waals surface area contributed by atoms with E-state index in [0.29, 0.717) is 6.04 Å². The first kappa shape index (κ1) is 16.8. The Morgan fingerprint density at radius 3 is 2.64 bits per heavy atom. The van der Waals surface area contributed by atoms with Crippen molar-refractivity contribution in [1.82, 2.24) is 9.80 Å². The lowest BCUT2D eigenvalue weighted by Crippen LogP contribution is -2.45. The topological polar surface area (TPSA) is 53.0 Å². The van der Waals surface area contributed by atoms with Crippen molar-refractivity contribution in [1.29, 1.82) is 0 Å². The van der Waals surface area contributed by atoms with Crippen LogP contribution in [0.2, 0.25) is 0 Å². The predicted octanol–water partition coefficient (Wildman–Crippen LogP) is 1.94. The van der Waals surface area contributed by atoms with Crippen LogP contribution in [0.1, 0.15) is 19.3 Å². The van der Waals surface area contributed by atoms with E-state index in [2.05, 4.69) is 4.90 Å². The maximum Gasteiger partial charge on any atom is 0.317 e. The van der Waals surface area contributed by atoms with E-state index in [1.165, 1.54) is 0 Å². The Kier molecular flexibility index (Phi) is 6.68. The number of benzene rings is 1. The molecule has 0 atom stereocenters. The number of ether oxygens (including phenoxy) is 1. The fourth-order valence-electron chi connectivity index (χ4n) is 2.92. The molecule has 1 heterocycles. The van der Waals surface area contributed by atoms with Crippen LogP contribution in [0.4, 0.5) is 0 Å². The summed E-state index contributed by atoms with van der Waals surface area (Å²) in [4.78, 5) is 15.1. The molecule has 5 nitrogen and oxygen atoms in total. The van der Waals surface area contributed by atoms with E-state index >= 15 is 0 Å². The van der Waals surface area contributed by atoms with Gasteiger partial charge in [-0.25, -0.2) is 0 Å². The Labute approximate surface area is 132 Å². The maximum atomic E-state index is 10.7. The molecule has 0 radical (unpaired) electrons. The first-order valence-corrected chi connectivity index (χ1v) is 7.97. The lowest BCUT2D eigenvalue weighted by molar-refractivity contribution is -0.138. The van der Waals surface area contributed by atoms with Crippen LogP contribution in [0.3, 0.4) is 0 Å². The molecule has 2 rings (SSSR count). The zero-order chi connectivity index (χ0) is 15.8. The molecule has 1 aromatic carbocycles. The van der Waals surface area contributed by atoms with Crippen LogP contribution < -0.4 is 4.74 Å². The third-order valence-corrected chi connectivity index (χ3v) is 4.20. The molecule has 0 bridgehead atoms. The number of hydrogen-bond donors (Lipinski definition) is 1. The minimum absolute atomic E-state index is 0.135. The van der Waals surface area contributed by atoms with Crippen LogP contribution in [-0.4, -0.2) is 66.8 Å². The van der Waals surface area contributed by atoms with Crippen molar-refractivity contribution in [3.05, 3.63) is 30.3 Å². The molecule has 0 unspecified atom stereocenters. The molecule has 5 heteroatoms. The monoisotopic (exact) mass is 306 g/mol. The van der Waals surface area contributed by atoms with Crippen molar-refractivity contribution in [2.45, 2.75) is 25.3 Å². The Hall–Kier alpha value is -1.59. The molecule has 1 aromatic rings. The van der Waals surface area contributed by atoms with E-state index in [9.17, 15) is 4.79 Å². The van der Waals surface area contributed by atoms with Gasteiger partial charge in [0.1, 0.15) is 5.75 Å². The van der Waals surface area contributed by atoms with Gasteiger partial charge in [0.15, 0.2) is 0 Å². The molecule has 1 aliphatic heterocycles. The number of carboxylic acids is 1. The zero-order valence-electron chi connectivity index (χ0n) is 13.3. The number of carboxylic acid groups (broad SMARTS) is 1. The average Bonchev–Trinajstić information content (AvgIpc) is 2.52. The molecule has 22 heavy (non-hydrogen) atoms. The number of rotatable bonds is 8. The summed E-state index contributed by atoms with van der Waals surface area (Å²) in [6, 6.07) is 10.3. The lowest BCUT2D eigenvalue weighted by atomic mass is 10.0. The second kappa shape index (κ2) is 8.76. The Morgan fingerprint density at radius 1 is 1.32 bits per heavy atom. The largest absolute Gasteiger partial charge is 0.494 e. The van der Waals surface area contributed by atoms with Gasteiger partial charge in [-0.15, -0.1) is 0 Å². The Bertz CT molecular complexity index is 444. The molecule has 1 fully saturated rings. The van der Waals surface area contributed by atoms with Gasteiger partial charge < -0.3 is 14.7 Å². The smallest absolute Gasteiger partial charge is 0.317 e. The van der Waals surface area contributed by atoms with Crippen LogP contribution in [0, 0.1) is 0 Å². The van der Waals surface area contributed by atoms with Crippen LogP contribution >= 0.6 is 0 Å². The van der Waals surface area contributed by atoms with Crippen LogP contribution in [0.5, 0.6) is 5.75 Å². The molecule has 0 aromatic heterocycles. The summed E-state index contributed by atoms with van der Waals surface area (Å²) in [6.07, 6.45) is 3.11. The average molecular weight is 306 g/mol. The van der Waals surface area contributed by atoms with Gasteiger partial charge in [0, 0.05) is 12.6 Å². The molecular formula is C17H26N2O3. The second-order valence-electron chi connectivity index (χ2n) is 5.90. The highest BCUT2D eigenvalue weighted by molar-refractivity contribution is 5.69. The first-order valence-electron chi connectivity index (χ1n) is 7.97. The molecule has 1 N–H and O–H groups in total. The van der Waals surface area contributed by atoms with Gasteiger partial charge in [0.05, 0.1) is 13.2 Å². The van der Waals surface area contributed by atoms with Crippen LogP contribution in [0.25, 0.3) is 0 Å². The Morgan fingerprint density at radius 2 is 2.00 bits per heavy atom. The van der Waals surface area contributed by atoms with E-state index in [-0.39, 0.29) is 6.54 Å². The van der Waals surface area contributed by atoms with E-state index in [4.69, 9.17) is 9.84 Å². The summed E-state index contributed by atoms with van der Waals surface area (Å²) in [5.41, 5.74) is 0. The number of carbonyl (C=O) groups is 1. The number of aliphatic carboxylic acids is 1. The molecule has 0 spiro atoms. The van der Waals surface area contributed by atoms with Crippen LogP contribution in [0.15, 0.2) is 30.3 Å². The van der Waals surface area contributed by atoms with E-state index in [0.717, 1.165) is 51.3 Å². The summed E-state index contributed by atoms with van der Waals surface area (Å²) in [5, 5.41) is 8.84. The SMILES string of the molecule is CN(CC(=O)O)C1CCN(CCCOc2ccccc2)CC1. The molecule has 1 aliphatic rings. The number of piperidine rings is 1. The molecule has 1 saturated heterocycles. The molecule has 0 amide bonds. The number of para-hydroxylation sites is 1. The van der Waals surface area contributed by atoms with Crippen molar-refractivity contribution in [3.63, 3.8) is 0 Å². The number of likely N-dealkylation sites (N-methyl/N-ethyl adjacent to an activating group) is 1. The maximum absolute atomic E-state index is 10.7. The van der Waals surface area contributed by atoms with E-state index < -0.39 is 5.97 Å². The molecule has 122 valence electrons. The summed E-state index contributed by atoms with van der Waals surface area (Å²) >= 11 is 0. The predicted molar refractivity (Wildman–Crippen MR) is 86.3 cm³/mol. The highest BCUT2D eigenvalue weighted by Crippen LogP contribution is 2.15.